The van der Waals surface area contributed by atoms with Gasteiger partial charge < -0.3 is 74.4 Å². The largest absolute Gasteiger partial charge is 0.394 e. The van der Waals surface area contributed by atoms with Crippen LogP contribution in [-0.4, -0.2) is 185 Å². The number of aliphatic hydroxyl groups excluding tert-OH is 9. The Bertz CT molecular complexity index is 961. The molecular formula is C25H47NO17S. The summed E-state index contributed by atoms with van der Waals surface area (Å²) in [5.41, 5.74) is 0. The second-order valence-corrected chi connectivity index (χ2v) is 13.1. The van der Waals surface area contributed by atoms with E-state index in [-0.39, 0.29) is 25.5 Å². The Kier molecular flexibility index (Phi) is 14.5. The van der Waals surface area contributed by atoms with Crippen LogP contribution in [0.15, 0.2) is 0 Å². The molecular weight excluding hydrogens is 618 g/mol. The van der Waals surface area contributed by atoms with Gasteiger partial charge in [0.2, 0.25) is 10.0 Å². The number of hydrogen-bond acceptors (Lipinski definition) is 17. The maximum Gasteiger partial charge on any atom is 0.211 e. The van der Waals surface area contributed by atoms with Crippen molar-refractivity contribution in [3.8, 4) is 0 Å². The molecule has 3 saturated heterocycles. The fraction of sp³-hybridized carbons (Fsp3) is 1.00. The molecule has 0 amide bonds. The minimum absolute atomic E-state index is 0.00587. The highest BCUT2D eigenvalue weighted by atomic mass is 32.2. The average Bonchev–Trinajstić information content (AvgIpc) is 2.98. The predicted molar refractivity (Wildman–Crippen MR) is 145 cm³/mol. The maximum absolute atomic E-state index is 11.7. The zero-order valence-corrected chi connectivity index (χ0v) is 25.3. The van der Waals surface area contributed by atoms with Crippen molar-refractivity contribution in [2.24, 2.45) is 0 Å². The molecule has 0 radical (unpaired) electrons. The van der Waals surface area contributed by atoms with Crippen molar-refractivity contribution in [2.45, 2.75) is 119 Å². The lowest BCUT2D eigenvalue weighted by Crippen LogP contribution is -2.64. The van der Waals surface area contributed by atoms with Crippen LogP contribution in [0.5, 0.6) is 0 Å². The van der Waals surface area contributed by atoms with Crippen molar-refractivity contribution in [3.05, 3.63) is 0 Å². The molecule has 0 aliphatic carbocycles. The van der Waals surface area contributed by atoms with Gasteiger partial charge in [0.15, 0.2) is 12.6 Å². The quantitative estimate of drug-likeness (QED) is 0.0729. The predicted octanol–water partition coefficient (Wildman–Crippen LogP) is -5.76. The monoisotopic (exact) mass is 665 g/mol. The van der Waals surface area contributed by atoms with Gasteiger partial charge in [0.05, 0.1) is 31.7 Å². The molecule has 0 aromatic heterocycles. The third-order valence-electron chi connectivity index (χ3n) is 7.70. The van der Waals surface area contributed by atoms with Gasteiger partial charge in [0.25, 0.3) is 0 Å². The van der Waals surface area contributed by atoms with Crippen molar-refractivity contribution < 1.29 is 82.8 Å². The molecule has 15 unspecified atom stereocenters. The van der Waals surface area contributed by atoms with Gasteiger partial charge in [-0.3, -0.25) is 0 Å². The van der Waals surface area contributed by atoms with Crippen molar-refractivity contribution in [3.63, 3.8) is 0 Å². The van der Waals surface area contributed by atoms with E-state index in [2.05, 4.69) is 4.72 Å². The van der Waals surface area contributed by atoms with Crippen LogP contribution < -0.4 is 4.72 Å². The Morgan fingerprint density at radius 1 is 0.727 bits per heavy atom. The van der Waals surface area contributed by atoms with Crippen molar-refractivity contribution >= 4 is 10.0 Å². The minimum Gasteiger partial charge on any atom is -0.394 e. The van der Waals surface area contributed by atoms with E-state index in [1.54, 1.807) is 6.92 Å². The molecule has 0 aromatic rings. The lowest BCUT2D eigenvalue weighted by atomic mass is 9.94. The SMILES string of the molecule is CCCS(=O)(=O)NCCCOCC1OC(OCC2OC(C)C(O)C(OC3OC(CO)C(O)C(O)C3O)C2O)C(O)C(O)C1O. The van der Waals surface area contributed by atoms with Gasteiger partial charge in [-0.2, -0.15) is 0 Å². The highest BCUT2D eigenvalue weighted by Crippen LogP contribution is 2.30. The third kappa shape index (κ3) is 9.44. The van der Waals surface area contributed by atoms with Gasteiger partial charge >= 0.3 is 0 Å². The van der Waals surface area contributed by atoms with Gasteiger partial charge in [-0.25, -0.2) is 13.1 Å². The summed E-state index contributed by atoms with van der Waals surface area (Å²) in [6.07, 6.45) is -21.6. The Labute approximate surface area is 255 Å². The Hall–Kier alpha value is -0.690. The molecule has 3 heterocycles. The first-order valence-corrected chi connectivity index (χ1v) is 16.2. The molecule has 0 spiro atoms. The van der Waals surface area contributed by atoms with Gasteiger partial charge in [-0.1, -0.05) is 6.92 Å². The lowest BCUT2D eigenvalue weighted by Gasteiger charge is -2.46. The topological polar surface area (TPSA) is 284 Å². The zero-order valence-electron chi connectivity index (χ0n) is 24.5. The highest BCUT2D eigenvalue weighted by molar-refractivity contribution is 7.89. The molecule has 10 N–H and O–H groups in total. The van der Waals surface area contributed by atoms with Crippen LogP contribution in [-0.2, 0) is 38.4 Å². The van der Waals surface area contributed by atoms with Crippen LogP contribution >= 0.6 is 0 Å². The lowest BCUT2D eigenvalue weighted by molar-refractivity contribution is -0.346. The summed E-state index contributed by atoms with van der Waals surface area (Å²) in [4.78, 5) is 0. The molecule has 19 heteroatoms. The van der Waals surface area contributed by atoms with Gasteiger partial charge in [0, 0.05) is 13.2 Å². The molecule has 0 aromatic carbocycles. The van der Waals surface area contributed by atoms with Gasteiger partial charge in [-0.05, 0) is 19.8 Å². The average molecular weight is 666 g/mol. The number of sulfonamides is 1. The van der Waals surface area contributed by atoms with Crippen LogP contribution in [0.4, 0.5) is 0 Å². The van der Waals surface area contributed by atoms with Crippen molar-refractivity contribution in [1.82, 2.24) is 4.72 Å². The minimum atomic E-state index is -3.36. The van der Waals surface area contributed by atoms with Crippen LogP contribution in [0, 0.1) is 0 Å². The number of ether oxygens (including phenoxy) is 6. The van der Waals surface area contributed by atoms with Crippen molar-refractivity contribution in [1.29, 1.82) is 0 Å². The Morgan fingerprint density at radius 3 is 1.95 bits per heavy atom. The fourth-order valence-electron chi connectivity index (χ4n) is 5.07. The molecule has 44 heavy (non-hydrogen) atoms. The second kappa shape index (κ2) is 16.9. The summed E-state index contributed by atoms with van der Waals surface area (Å²) < 4.78 is 59.0. The first-order valence-electron chi connectivity index (χ1n) is 14.6. The smallest absolute Gasteiger partial charge is 0.211 e. The summed E-state index contributed by atoms with van der Waals surface area (Å²) in [7, 11) is -3.36. The normalized spacial score (nSPS) is 43.7. The highest BCUT2D eigenvalue weighted by Gasteiger charge is 2.51. The molecule has 260 valence electrons. The summed E-state index contributed by atoms with van der Waals surface area (Å²) >= 11 is 0. The van der Waals surface area contributed by atoms with E-state index in [1.165, 1.54) is 6.92 Å². The summed E-state index contributed by atoms with van der Waals surface area (Å²) in [6.45, 7) is 2.03. The van der Waals surface area contributed by atoms with E-state index < -0.39 is 115 Å². The van der Waals surface area contributed by atoms with E-state index in [0.717, 1.165) is 0 Å². The first-order chi connectivity index (χ1) is 20.7. The molecule has 3 fully saturated rings. The Balaban J connectivity index is 1.54. The van der Waals surface area contributed by atoms with Crippen LogP contribution in [0.3, 0.4) is 0 Å². The molecule has 18 nitrogen and oxygen atoms in total. The first kappa shape index (κ1) is 37.8. The van der Waals surface area contributed by atoms with E-state index >= 15 is 0 Å². The number of aliphatic hydroxyl groups is 9. The molecule has 3 rings (SSSR count). The van der Waals surface area contributed by atoms with Gasteiger partial charge in [0.1, 0.15) is 73.2 Å². The number of nitrogens with one attached hydrogen (secondary N) is 1. The molecule has 15 atom stereocenters. The third-order valence-corrected chi connectivity index (χ3v) is 9.29. The molecule has 0 saturated carbocycles. The van der Waals surface area contributed by atoms with E-state index in [0.29, 0.717) is 12.8 Å². The molecule has 3 aliphatic heterocycles. The summed E-state index contributed by atoms with van der Waals surface area (Å²) in [5.74, 6) is 0.00587. The number of hydrogen-bond donors (Lipinski definition) is 10. The standard InChI is InChI=1S/C25H47NO17S/c1-3-7-44(36,37)26-5-4-6-38-9-13-17(30)20(33)21(34)24(42-13)39-10-14-18(31)23(15(28)11(2)40-14)43-25-22(35)19(32)16(29)12(8-27)41-25/h11-35H,3-10H2,1-2H3. The number of rotatable bonds is 15. The summed E-state index contributed by atoms with van der Waals surface area (Å²) in [6, 6.07) is 0. The zero-order chi connectivity index (χ0) is 32.8. The van der Waals surface area contributed by atoms with Crippen LogP contribution in [0.2, 0.25) is 0 Å². The van der Waals surface area contributed by atoms with Crippen LogP contribution in [0.1, 0.15) is 26.7 Å². The Morgan fingerprint density at radius 2 is 1.32 bits per heavy atom. The fourth-order valence-corrected chi connectivity index (χ4v) is 6.21. The second-order valence-electron chi connectivity index (χ2n) is 11.1. The maximum atomic E-state index is 11.7. The van der Waals surface area contributed by atoms with Crippen molar-refractivity contribution in [2.75, 3.05) is 38.7 Å². The van der Waals surface area contributed by atoms with E-state index in [4.69, 9.17) is 28.4 Å². The van der Waals surface area contributed by atoms with E-state index in [1.807, 2.05) is 0 Å². The van der Waals surface area contributed by atoms with E-state index in [9.17, 15) is 54.4 Å². The molecule has 3 aliphatic rings. The van der Waals surface area contributed by atoms with Gasteiger partial charge in [-0.15, -0.1) is 0 Å². The van der Waals surface area contributed by atoms with Crippen LogP contribution in [0.25, 0.3) is 0 Å². The summed E-state index contributed by atoms with van der Waals surface area (Å²) in [5, 5.41) is 92.4. The molecule has 0 bridgehead atoms.